The number of ether oxygens (including phenoxy) is 1. The Hall–Kier alpha value is -1.03. The molecule has 1 amide bonds. The van der Waals surface area contributed by atoms with Gasteiger partial charge in [-0.2, -0.15) is 26.3 Å². The summed E-state index contributed by atoms with van der Waals surface area (Å²) in [6, 6.07) is -0.293. The Morgan fingerprint density at radius 3 is 2.12 bits per heavy atom. The third-order valence-corrected chi connectivity index (χ3v) is 4.72. The van der Waals surface area contributed by atoms with Gasteiger partial charge in [-0.15, -0.1) is 0 Å². The molecule has 1 saturated carbocycles. The summed E-state index contributed by atoms with van der Waals surface area (Å²) in [4.78, 5) is 11.7. The van der Waals surface area contributed by atoms with Crippen molar-refractivity contribution in [1.82, 2.24) is 10.6 Å². The number of carbonyl (C=O) groups is 1. The van der Waals surface area contributed by atoms with Gasteiger partial charge in [0.05, 0.1) is 30.6 Å². The smallest absolute Gasteiger partial charge is 0.376 e. The Kier molecular flexibility index (Phi) is 6.58. The van der Waals surface area contributed by atoms with Crippen LogP contribution in [-0.2, 0) is 9.53 Å². The fraction of sp³-hybridized carbons (Fsp3) is 0.933. The summed E-state index contributed by atoms with van der Waals surface area (Å²) in [6.45, 7) is 0.688. The molecule has 0 aromatic rings. The molecule has 3 atom stereocenters. The second-order valence-corrected chi connectivity index (χ2v) is 6.62. The van der Waals surface area contributed by atoms with E-state index in [4.69, 9.17) is 4.74 Å². The maximum Gasteiger partial charge on any atom is 0.391 e. The van der Waals surface area contributed by atoms with E-state index in [-0.39, 0.29) is 25.1 Å². The molecule has 1 heterocycles. The summed E-state index contributed by atoms with van der Waals surface area (Å²) in [6.07, 6.45) is -10.8. The van der Waals surface area contributed by atoms with Crippen LogP contribution in [0.15, 0.2) is 0 Å². The largest absolute Gasteiger partial charge is 0.391 e. The molecule has 0 bridgehead atoms. The molecule has 4 nitrogen and oxygen atoms in total. The second-order valence-electron chi connectivity index (χ2n) is 6.62. The molecule has 0 radical (unpaired) electrons. The van der Waals surface area contributed by atoms with Crippen molar-refractivity contribution in [3.05, 3.63) is 0 Å². The van der Waals surface area contributed by atoms with Crippen LogP contribution < -0.4 is 10.6 Å². The summed E-state index contributed by atoms with van der Waals surface area (Å²) in [5, 5.41) is 5.56. The van der Waals surface area contributed by atoms with Crippen molar-refractivity contribution in [3.8, 4) is 0 Å². The topological polar surface area (TPSA) is 50.4 Å². The van der Waals surface area contributed by atoms with Crippen molar-refractivity contribution in [2.75, 3.05) is 19.7 Å². The molecule has 1 aliphatic heterocycles. The normalized spacial score (nSPS) is 31.1. The van der Waals surface area contributed by atoms with Crippen LogP contribution in [0.1, 0.15) is 32.1 Å². The van der Waals surface area contributed by atoms with Crippen LogP contribution in [-0.4, -0.2) is 50.1 Å². The Balaban J connectivity index is 1.79. The predicted molar refractivity (Wildman–Crippen MR) is 76.7 cm³/mol. The standard InChI is InChI=1S/C15H22F6N2O2/c16-14(17,18)9-6-10(15(19,20)21)8-11(7-9)25-5-4-23-13(24)12-2-1-3-22-12/h9-12,22H,1-8H2,(H,23,24). The van der Waals surface area contributed by atoms with E-state index in [0.29, 0.717) is 6.42 Å². The molecule has 3 unspecified atom stereocenters. The van der Waals surface area contributed by atoms with Gasteiger partial charge < -0.3 is 15.4 Å². The zero-order valence-electron chi connectivity index (χ0n) is 13.6. The van der Waals surface area contributed by atoms with Crippen LogP contribution in [0.2, 0.25) is 0 Å². The molecule has 2 N–H and O–H groups in total. The predicted octanol–water partition coefficient (Wildman–Crippen LogP) is 2.78. The van der Waals surface area contributed by atoms with E-state index in [2.05, 4.69) is 10.6 Å². The Morgan fingerprint density at radius 1 is 1.04 bits per heavy atom. The lowest BCUT2D eigenvalue weighted by molar-refractivity contribution is -0.236. The van der Waals surface area contributed by atoms with Gasteiger partial charge in [0, 0.05) is 6.54 Å². The zero-order chi connectivity index (χ0) is 18.7. The fourth-order valence-electron chi connectivity index (χ4n) is 3.37. The number of rotatable bonds is 5. The summed E-state index contributed by atoms with van der Waals surface area (Å²) in [5.74, 6) is -4.27. The Labute approximate surface area is 141 Å². The lowest BCUT2D eigenvalue weighted by Gasteiger charge is -2.36. The molecule has 2 rings (SSSR count). The second kappa shape index (κ2) is 8.11. The number of hydrogen-bond donors (Lipinski definition) is 2. The van der Waals surface area contributed by atoms with Crippen LogP contribution in [0.3, 0.4) is 0 Å². The summed E-state index contributed by atoms with van der Waals surface area (Å²) in [7, 11) is 0. The molecular weight excluding hydrogens is 354 g/mol. The molecule has 25 heavy (non-hydrogen) atoms. The van der Waals surface area contributed by atoms with Crippen molar-refractivity contribution < 1.29 is 35.9 Å². The molecule has 146 valence electrons. The SMILES string of the molecule is O=C(NCCOC1CC(C(F)(F)F)CC(C(F)(F)F)C1)C1CCCN1. The van der Waals surface area contributed by atoms with Gasteiger partial charge in [0.25, 0.3) is 0 Å². The van der Waals surface area contributed by atoms with Gasteiger partial charge in [-0.3, -0.25) is 4.79 Å². The van der Waals surface area contributed by atoms with Gasteiger partial charge in [0.15, 0.2) is 0 Å². The molecule has 10 heteroatoms. The first-order valence-corrected chi connectivity index (χ1v) is 8.33. The van der Waals surface area contributed by atoms with Crippen molar-refractivity contribution in [2.24, 2.45) is 11.8 Å². The minimum Gasteiger partial charge on any atom is -0.376 e. The van der Waals surface area contributed by atoms with E-state index in [9.17, 15) is 31.1 Å². The van der Waals surface area contributed by atoms with Crippen molar-refractivity contribution >= 4 is 5.91 Å². The summed E-state index contributed by atoms with van der Waals surface area (Å²) in [5.41, 5.74) is 0. The Morgan fingerprint density at radius 2 is 1.64 bits per heavy atom. The zero-order valence-corrected chi connectivity index (χ0v) is 13.6. The summed E-state index contributed by atoms with van der Waals surface area (Å²) < 4.78 is 82.3. The summed E-state index contributed by atoms with van der Waals surface area (Å²) >= 11 is 0. The van der Waals surface area contributed by atoms with E-state index in [1.165, 1.54) is 0 Å². The first-order chi connectivity index (χ1) is 11.6. The van der Waals surface area contributed by atoms with Crippen LogP contribution in [0.5, 0.6) is 0 Å². The average Bonchev–Trinajstić information content (AvgIpc) is 3.04. The van der Waals surface area contributed by atoms with Gasteiger partial charge in [-0.25, -0.2) is 0 Å². The van der Waals surface area contributed by atoms with Crippen molar-refractivity contribution in [3.63, 3.8) is 0 Å². The number of amides is 1. The number of hydrogen-bond acceptors (Lipinski definition) is 3. The fourth-order valence-corrected chi connectivity index (χ4v) is 3.37. The minimum absolute atomic E-state index is 0.0564. The molecule has 0 spiro atoms. The van der Waals surface area contributed by atoms with Gasteiger partial charge in [-0.05, 0) is 38.6 Å². The lowest BCUT2D eigenvalue weighted by atomic mass is 9.79. The van der Waals surface area contributed by atoms with Crippen LogP contribution >= 0.6 is 0 Å². The van der Waals surface area contributed by atoms with E-state index in [1.54, 1.807) is 0 Å². The van der Waals surface area contributed by atoms with Gasteiger partial charge in [0.1, 0.15) is 0 Å². The highest BCUT2D eigenvalue weighted by Crippen LogP contribution is 2.46. The third kappa shape index (κ3) is 6.02. The monoisotopic (exact) mass is 376 g/mol. The Bertz CT molecular complexity index is 426. The lowest BCUT2D eigenvalue weighted by Crippen LogP contribution is -2.43. The van der Waals surface area contributed by atoms with Crippen molar-refractivity contribution in [2.45, 2.75) is 56.6 Å². The number of nitrogens with one attached hydrogen (secondary N) is 2. The van der Waals surface area contributed by atoms with E-state index < -0.39 is 49.6 Å². The van der Waals surface area contributed by atoms with Crippen LogP contribution in [0.4, 0.5) is 26.3 Å². The molecule has 2 aliphatic rings. The van der Waals surface area contributed by atoms with Gasteiger partial charge in [-0.1, -0.05) is 0 Å². The van der Waals surface area contributed by atoms with Gasteiger partial charge >= 0.3 is 12.4 Å². The van der Waals surface area contributed by atoms with Crippen LogP contribution in [0, 0.1) is 11.8 Å². The highest BCUT2D eigenvalue weighted by Gasteiger charge is 2.52. The molecule has 0 aromatic heterocycles. The van der Waals surface area contributed by atoms with E-state index >= 15 is 0 Å². The first-order valence-electron chi connectivity index (χ1n) is 8.33. The third-order valence-electron chi connectivity index (χ3n) is 4.72. The maximum absolute atomic E-state index is 12.9. The van der Waals surface area contributed by atoms with Crippen LogP contribution in [0.25, 0.3) is 0 Å². The van der Waals surface area contributed by atoms with E-state index in [0.717, 1.165) is 13.0 Å². The number of carbonyl (C=O) groups excluding carboxylic acids is 1. The molecule has 1 aliphatic carbocycles. The molecule has 1 saturated heterocycles. The van der Waals surface area contributed by atoms with Gasteiger partial charge in [0.2, 0.25) is 5.91 Å². The maximum atomic E-state index is 12.9. The highest BCUT2D eigenvalue weighted by atomic mass is 19.4. The van der Waals surface area contributed by atoms with Crippen molar-refractivity contribution in [1.29, 1.82) is 0 Å². The molecule has 0 aromatic carbocycles. The van der Waals surface area contributed by atoms with E-state index in [1.807, 2.05) is 0 Å². The number of alkyl halides is 6. The molecular formula is C15H22F6N2O2. The number of halogens is 6. The highest BCUT2D eigenvalue weighted by molar-refractivity contribution is 5.81. The molecule has 2 fully saturated rings. The first kappa shape index (κ1) is 20.3. The minimum atomic E-state index is -4.67. The quantitative estimate of drug-likeness (QED) is 0.573. The average molecular weight is 376 g/mol.